The predicted octanol–water partition coefficient (Wildman–Crippen LogP) is 1.43. The summed E-state index contributed by atoms with van der Waals surface area (Å²) in [6, 6.07) is 11.2. The van der Waals surface area contributed by atoms with Crippen LogP contribution in [0.4, 0.5) is 0 Å². The van der Waals surface area contributed by atoms with E-state index in [4.69, 9.17) is 0 Å². The lowest BCUT2D eigenvalue weighted by Gasteiger charge is -2.25. The molecule has 2 atom stereocenters. The summed E-state index contributed by atoms with van der Waals surface area (Å²) in [7, 11) is 2.14. The summed E-state index contributed by atoms with van der Waals surface area (Å²) in [5, 5.41) is 2.78. The van der Waals surface area contributed by atoms with Crippen LogP contribution in [-0.4, -0.2) is 60.4 Å². The van der Waals surface area contributed by atoms with Gasteiger partial charge < -0.3 is 10.2 Å². The Hall–Kier alpha value is -1.88. The smallest absolute Gasteiger partial charge is 0.311 e. The van der Waals surface area contributed by atoms with Crippen molar-refractivity contribution in [3.63, 3.8) is 0 Å². The van der Waals surface area contributed by atoms with Gasteiger partial charge >= 0.3 is 11.8 Å². The van der Waals surface area contributed by atoms with E-state index in [0.717, 1.165) is 25.7 Å². The molecule has 130 valence electrons. The maximum absolute atomic E-state index is 12.4. The summed E-state index contributed by atoms with van der Waals surface area (Å²) in [6.45, 7) is 1.92. The molecule has 1 aromatic carbocycles. The highest BCUT2D eigenvalue weighted by Crippen LogP contribution is 2.28. The molecule has 5 nitrogen and oxygen atoms in total. The van der Waals surface area contributed by atoms with Gasteiger partial charge in [-0.1, -0.05) is 30.3 Å². The minimum absolute atomic E-state index is 0.365. The second kappa shape index (κ2) is 7.79. The second-order valence-corrected chi connectivity index (χ2v) is 6.94. The molecule has 3 rings (SSSR count). The molecule has 24 heavy (non-hydrogen) atoms. The molecule has 0 spiro atoms. The Morgan fingerprint density at radius 1 is 1.12 bits per heavy atom. The summed E-state index contributed by atoms with van der Waals surface area (Å²) in [5.41, 5.74) is 1.25. The topological polar surface area (TPSA) is 52.7 Å². The van der Waals surface area contributed by atoms with Gasteiger partial charge in [-0.3, -0.25) is 14.5 Å². The first-order valence-corrected chi connectivity index (χ1v) is 8.98. The summed E-state index contributed by atoms with van der Waals surface area (Å²) in [6.07, 6.45) is 5.07. The number of carbonyl (C=O) groups is 2. The molecule has 2 aliphatic rings. The Bertz CT molecular complexity index is 575. The van der Waals surface area contributed by atoms with Gasteiger partial charge in [0.2, 0.25) is 0 Å². The lowest BCUT2D eigenvalue weighted by molar-refractivity contribution is -0.146. The van der Waals surface area contributed by atoms with Gasteiger partial charge in [-0.25, -0.2) is 0 Å². The van der Waals surface area contributed by atoms with Gasteiger partial charge in [0.05, 0.1) is 0 Å². The van der Waals surface area contributed by atoms with Gasteiger partial charge in [0.25, 0.3) is 0 Å². The highest BCUT2D eigenvalue weighted by atomic mass is 16.2. The number of nitrogens with one attached hydrogen (secondary N) is 1. The molecular formula is C19H27N3O2. The summed E-state index contributed by atoms with van der Waals surface area (Å²) < 4.78 is 0. The zero-order valence-electron chi connectivity index (χ0n) is 14.4. The Kier molecular flexibility index (Phi) is 5.51. The molecule has 0 aromatic heterocycles. The number of likely N-dealkylation sites (N-methyl/N-ethyl adjacent to an activating group) is 1. The van der Waals surface area contributed by atoms with Crippen molar-refractivity contribution in [3.05, 3.63) is 35.9 Å². The van der Waals surface area contributed by atoms with E-state index in [1.54, 1.807) is 4.90 Å². The molecule has 0 unspecified atom stereocenters. The molecule has 1 aromatic rings. The Morgan fingerprint density at radius 3 is 2.67 bits per heavy atom. The quantitative estimate of drug-likeness (QED) is 0.672. The normalized spacial score (nSPS) is 23.8. The van der Waals surface area contributed by atoms with Crippen LogP contribution in [0, 0.1) is 0 Å². The third kappa shape index (κ3) is 3.96. The number of nitrogens with zero attached hydrogens (tertiary/aromatic N) is 2. The van der Waals surface area contributed by atoms with Crippen LogP contribution in [0.15, 0.2) is 30.3 Å². The van der Waals surface area contributed by atoms with E-state index >= 15 is 0 Å². The minimum atomic E-state index is -0.455. The van der Waals surface area contributed by atoms with Gasteiger partial charge in [0.15, 0.2) is 0 Å². The highest BCUT2D eigenvalue weighted by Gasteiger charge is 2.37. The predicted molar refractivity (Wildman–Crippen MR) is 93.5 cm³/mol. The van der Waals surface area contributed by atoms with E-state index in [1.807, 2.05) is 18.2 Å². The van der Waals surface area contributed by atoms with E-state index < -0.39 is 5.91 Å². The Labute approximate surface area is 144 Å². The molecule has 0 aliphatic carbocycles. The van der Waals surface area contributed by atoms with Crippen molar-refractivity contribution in [1.82, 2.24) is 15.1 Å². The van der Waals surface area contributed by atoms with Crippen LogP contribution in [-0.2, 0) is 16.0 Å². The van der Waals surface area contributed by atoms with E-state index in [0.29, 0.717) is 31.7 Å². The first-order chi connectivity index (χ1) is 11.6. The fourth-order valence-electron chi connectivity index (χ4n) is 3.85. The molecule has 2 bridgehead atoms. The molecule has 2 heterocycles. The summed E-state index contributed by atoms with van der Waals surface area (Å²) in [4.78, 5) is 28.7. The maximum Gasteiger partial charge on any atom is 0.311 e. The number of carbonyl (C=O) groups excluding carboxylic acids is 2. The number of fused-ring (bicyclic) bond motifs is 2. The lowest BCUT2D eigenvalue weighted by atomic mass is 10.1. The highest BCUT2D eigenvalue weighted by molar-refractivity contribution is 6.35. The van der Waals surface area contributed by atoms with Gasteiger partial charge in [-0.2, -0.15) is 0 Å². The van der Waals surface area contributed by atoms with Gasteiger partial charge in [0, 0.05) is 31.7 Å². The van der Waals surface area contributed by atoms with Crippen LogP contribution in [0.3, 0.4) is 0 Å². The first kappa shape index (κ1) is 17.0. The van der Waals surface area contributed by atoms with Crippen molar-refractivity contribution >= 4 is 11.8 Å². The van der Waals surface area contributed by atoms with Crippen LogP contribution < -0.4 is 5.32 Å². The van der Waals surface area contributed by atoms with Gasteiger partial charge in [-0.15, -0.1) is 0 Å². The third-order valence-electron chi connectivity index (χ3n) is 5.40. The van der Waals surface area contributed by atoms with Crippen molar-refractivity contribution < 1.29 is 9.59 Å². The maximum atomic E-state index is 12.4. The SMILES string of the molecule is CN1[C@H]2CC[C@H]1CN(C(=O)C(=O)NCCCc1ccccc1)CC2. The first-order valence-electron chi connectivity index (χ1n) is 8.98. The molecular weight excluding hydrogens is 302 g/mol. The van der Waals surface area contributed by atoms with E-state index in [-0.39, 0.29) is 5.91 Å². The fourth-order valence-corrected chi connectivity index (χ4v) is 3.85. The van der Waals surface area contributed by atoms with Crippen molar-refractivity contribution in [1.29, 1.82) is 0 Å². The van der Waals surface area contributed by atoms with Crippen LogP contribution in [0.5, 0.6) is 0 Å². The number of rotatable bonds is 4. The van der Waals surface area contributed by atoms with Gasteiger partial charge in [0.1, 0.15) is 0 Å². The lowest BCUT2D eigenvalue weighted by Crippen LogP contribution is -2.46. The molecule has 2 saturated heterocycles. The molecule has 5 heteroatoms. The molecule has 0 saturated carbocycles. The van der Waals surface area contributed by atoms with E-state index in [2.05, 4.69) is 29.4 Å². The summed E-state index contributed by atoms with van der Waals surface area (Å²) in [5.74, 6) is -0.820. The van der Waals surface area contributed by atoms with Crippen molar-refractivity contribution in [2.24, 2.45) is 0 Å². The average Bonchev–Trinajstić information content (AvgIpc) is 2.84. The Morgan fingerprint density at radius 2 is 1.88 bits per heavy atom. The minimum Gasteiger partial charge on any atom is -0.348 e. The third-order valence-corrected chi connectivity index (χ3v) is 5.40. The van der Waals surface area contributed by atoms with Gasteiger partial charge in [-0.05, 0) is 44.7 Å². The van der Waals surface area contributed by atoms with Crippen LogP contribution in [0.25, 0.3) is 0 Å². The standard InChI is InChI=1S/C19H27N3O2/c1-21-16-9-10-17(21)14-22(13-11-16)19(24)18(23)20-12-5-8-15-6-3-2-4-7-15/h2-4,6-7,16-17H,5,8-14H2,1H3,(H,20,23)/t16-,17-/m0/s1. The van der Waals surface area contributed by atoms with E-state index in [9.17, 15) is 9.59 Å². The largest absolute Gasteiger partial charge is 0.348 e. The van der Waals surface area contributed by atoms with Crippen molar-refractivity contribution in [3.8, 4) is 0 Å². The molecule has 1 N–H and O–H groups in total. The average molecular weight is 329 g/mol. The number of hydrogen-bond acceptors (Lipinski definition) is 3. The number of aryl methyl sites for hydroxylation is 1. The zero-order valence-corrected chi connectivity index (χ0v) is 14.4. The number of benzene rings is 1. The molecule has 2 aliphatic heterocycles. The van der Waals surface area contributed by atoms with Crippen LogP contribution in [0.1, 0.15) is 31.2 Å². The molecule has 2 amide bonds. The van der Waals surface area contributed by atoms with Crippen molar-refractivity contribution in [2.75, 3.05) is 26.7 Å². The molecule has 0 radical (unpaired) electrons. The zero-order chi connectivity index (χ0) is 16.9. The van der Waals surface area contributed by atoms with E-state index in [1.165, 1.54) is 12.0 Å². The molecule has 2 fully saturated rings. The number of amides is 2. The monoisotopic (exact) mass is 329 g/mol. The fraction of sp³-hybridized carbons (Fsp3) is 0.579. The number of likely N-dealkylation sites (tertiary alicyclic amines) is 1. The van der Waals surface area contributed by atoms with Crippen molar-refractivity contribution in [2.45, 2.75) is 44.2 Å². The van der Waals surface area contributed by atoms with Crippen LogP contribution in [0.2, 0.25) is 0 Å². The summed E-state index contributed by atoms with van der Waals surface area (Å²) >= 11 is 0. The Balaban J connectivity index is 1.42. The van der Waals surface area contributed by atoms with Crippen LogP contribution >= 0.6 is 0 Å². The second-order valence-electron chi connectivity index (χ2n) is 6.94. The number of hydrogen-bond donors (Lipinski definition) is 1.